The van der Waals surface area contributed by atoms with Crippen LogP contribution in [0.25, 0.3) is 0 Å². The number of fused-ring (bicyclic) bond motifs is 2. The lowest BCUT2D eigenvalue weighted by Gasteiger charge is -2.36. The highest BCUT2D eigenvalue weighted by Gasteiger charge is 2.34. The number of ether oxygens (including phenoxy) is 4. The van der Waals surface area contributed by atoms with Crippen molar-refractivity contribution < 1.29 is 27.4 Å². The molecule has 0 atom stereocenters. The van der Waals surface area contributed by atoms with Gasteiger partial charge >= 0.3 is 0 Å². The number of nitrogens with zero attached hydrogens (tertiary/aromatic N) is 2. The van der Waals surface area contributed by atoms with Crippen LogP contribution in [-0.4, -0.2) is 68.1 Å². The molecule has 2 aromatic rings. The molecule has 0 amide bonds. The quantitative estimate of drug-likeness (QED) is 0.754. The Morgan fingerprint density at radius 2 is 1.65 bits per heavy atom. The molecule has 166 valence electrons. The van der Waals surface area contributed by atoms with E-state index in [0.29, 0.717) is 41.9 Å². The monoisotopic (exact) mass is 447 g/mol. The summed E-state index contributed by atoms with van der Waals surface area (Å²) in [4.78, 5) is 2.34. The van der Waals surface area contributed by atoms with Crippen molar-refractivity contribution in [3.8, 4) is 23.0 Å². The van der Waals surface area contributed by atoms with E-state index >= 15 is 0 Å². The van der Waals surface area contributed by atoms with Gasteiger partial charge in [-0.2, -0.15) is 0 Å². The van der Waals surface area contributed by atoms with Crippen molar-refractivity contribution in [1.82, 2.24) is 5.32 Å². The Kier molecular flexibility index (Phi) is 5.19. The number of rotatable bonds is 4. The van der Waals surface area contributed by atoms with Crippen LogP contribution in [0.3, 0.4) is 0 Å². The molecule has 0 unspecified atom stereocenters. The number of piperazine rings is 1. The summed E-state index contributed by atoms with van der Waals surface area (Å²) < 4.78 is 51.3. The third kappa shape index (κ3) is 3.59. The number of hydrogen-bond donors (Lipinski definition) is 1. The van der Waals surface area contributed by atoms with Crippen molar-refractivity contribution in [1.29, 1.82) is 0 Å². The fourth-order valence-electron chi connectivity index (χ4n) is 4.08. The highest BCUT2D eigenvalue weighted by atomic mass is 32.2. The summed E-state index contributed by atoms with van der Waals surface area (Å²) >= 11 is 0. The summed E-state index contributed by atoms with van der Waals surface area (Å²) in [6.07, 6.45) is 0. The van der Waals surface area contributed by atoms with Crippen LogP contribution < -0.4 is 33.5 Å². The summed E-state index contributed by atoms with van der Waals surface area (Å²) in [6.45, 7) is 4.62. The summed E-state index contributed by atoms with van der Waals surface area (Å²) in [5, 5.41) is 3.33. The van der Waals surface area contributed by atoms with Gasteiger partial charge in [-0.3, -0.25) is 4.31 Å². The highest BCUT2D eigenvalue weighted by Crippen LogP contribution is 2.46. The van der Waals surface area contributed by atoms with Gasteiger partial charge in [-0.15, -0.1) is 0 Å². The van der Waals surface area contributed by atoms with Crippen molar-refractivity contribution in [3.05, 3.63) is 30.3 Å². The van der Waals surface area contributed by atoms with Crippen molar-refractivity contribution in [2.75, 3.05) is 68.9 Å². The molecule has 0 spiro atoms. The minimum atomic E-state index is -3.85. The van der Waals surface area contributed by atoms with Gasteiger partial charge in [-0.25, -0.2) is 8.42 Å². The minimum absolute atomic E-state index is 0.149. The molecule has 3 heterocycles. The van der Waals surface area contributed by atoms with Gasteiger partial charge in [0, 0.05) is 44.4 Å². The molecule has 1 N–H and O–H groups in total. The Morgan fingerprint density at radius 3 is 2.42 bits per heavy atom. The zero-order chi connectivity index (χ0) is 21.4. The average molecular weight is 448 g/mol. The first-order valence-corrected chi connectivity index (χ1v) is 11.7. The van der Waals surface area contributed by atoms with Crippen LogP contribution in [0.5, 0.6) is 23.0 Å². The Labute approximate surface area is 181 Å². The van der Waals surface area contributed by atoms with Crippen molar-refractivity contribution in [2.45, 2.75) is 4.90 Å². The molecule has 31 heavy (non-hydrogen) atoms. The van der Waals surface area contributed by atoms with Gasteiger partial charge in [0.15, 0.2) is 17.2 Å². The normalized spacial score (nSPS) is 18.2. The van der Waals surface area contributed by atoms with Crippen LogP contribution in [0.1, 0.15) is 0 Å². The Morgan fingerprint density at radius 1 is 0.903 bits per heavy atom. The van der Waals surface area contributed by atoms with Crippen LogP contribution in [0, 0.1) is 0 Å². The third-order valence-electron chi connectivity index (χ3n) is 5.63. The van der Waals surface area contributed by atoms with E-state index in [1.807, 2.05) is 6.07 Å². The lowest BCUT2D eigenvalue weighted by molar-refractivity contribution is 0.171. The van der Waals surface area contributed by atoms with E-state index in [0.717, 1.165) is 31.9 Å². The molecule has 5 rings (SSSR count). The van der Waals surface area contributed by atoms with Gasteiger partial charge in [0.05, 0.1) is 29.9 Å². The molecule has 10 heteroatoms. The number of sulfonamides is 1. The smallest absolute Gasteiger partial charge is 0.264 e. The lowest BCUT2D eigenvalue weighted by Crippen LogP contribution is -2.44. The second kappa shape index (κ2) is 8.01. The second-order valence-electron chi connectivity index (χ2n) is 7.46. The summed E-state index contributed by atoms with van der Waals surface area (Å²) in [7, 11) is -2.27. The first-order valence-electron chi connectivity index (χ1n) is 10.3. The maximum absolute atomic E-state index is 13.6. The maximum atomic E-state index is 13.6. The highest BCUT2D eigenvalue weighted by molar-refractivity contribution is 7.92. The lowest BCUT2D eigenvalue weighted by atomic mass is 10.1. The zero-order valence-electron chi connectivity index (χ0n) is 17.3. The van der Waals surface area contributed by atoms with Crippen LogP contribution in [0.15, 0.2) is 35.2 Å². The number of anilines is 2. The van der Waals surface area contributed by atoms with Crippen LogP contribution in [0.2, 0.25) is 0 Å². The van der Waals surface area contributed by atoms with E-state index in [9.17, 15) is 8.42 Å². The van der Waals surface area contributed by atoms with Crippen molar-refractivity contribution in [2.24, 2.45) is 0 Å². The van der Waals surface area contributed by atoms with Crippen molar-refractivity contribution in [3.63, 3.8) is 0 Å². The van der Waals surface area contributed by atoms with E-state index < -0.39 is 10.0 Å². The number of methoxy groups -OCH3 is 1. The first-order chi connectivity index (χ1) is 15.1. The SMILES string of the molecule is COc1cc(N2CCNCC2)c2c(c1)N(S(=O)(=O)c1ccc3c(c1)OCCO3)CCO2. The largest absolute Gasteiger partial charge is 0.497 e. The second-order valence-corrected chi connectivity index (χ2v) is 9.33. The van der Waals surface area contributed by atoms with E-state index in [-0.39, 0.29) is 18.0 Å². The molecule has 1 fully saturated rings. The van der Waals surface area contributed by atoms with Gasteiger partial charge < -0.3 is 29.2 Å². The van der Waals surface area contributed by atoms with Gasteiger partial charge in [0.25, 0.3) is 10.0 Å². The third-order valence-corrected chi connectivity index (χ3v) is 7.44. The fraction of sp³-hybridized carbons (Fsp3) is 0.429. The molecule has 9 nitrogen and oxygen atoms in total. The summed E-state index contributed by atoms with van der Waals surface area (Å²) in [6, 6.07) is 8.34. The Hall–Kier alpha value is -2.85. The molecule has 0 bridgehead atoms. The first kappa shape index (κ1) is 20.1. The zero-order valence-corrected chi connectivity index (χ0v) is 18.1. The number of nitrogens with one attached hydrogen (secondary N) is 1. The molecule has 0 aromatic heterocycles. The molecule has 1 saturated heterocycles. The standard InChI is InChI=1S/C21H25N3O6S/c1-27-15-12-17(23-6-4-22-5-7-23)21-18(13-15)24(8-9-30-21)31(25,26)16-2-3-19-20(14-16)29-11-10-28-19/h2-3,12-14,22H,4-11H2,1H3. The van der Waals surface area contributed by atoms with E-state index in [1.165, 1.54) is 10.4 Å². The van der Waals surface area contributed by atoms with Crippen LogP contribution in [-0.2, 0) is 10.0 Å². The minimum Gasteiger partial charge on any atom is -0.497 e. The van der Waals surface area contributed by atoms with Gasteiger partial charge in [0.2, 0.25) is 0 Å². The van der Waals surface area contributed by atoms with Gasteiger partial charge in [0.1, 0.15) is 25.6 Å². The van der Waals surface area contributed by atoms with Crippen molar-refractivity contribution >= 4 is 21.4 Å². The Bertz CT molecular complexity index is 1080. The van der Waals surface area contributed by atoms with E-state index in [4.69, 9.17) is 18.9 Å². The topological polar surface area (TPSA) is 89.6 Å². The molecule has 3 aliphatic rings. The molecule has 3 aliphatic heterocycles. The predicted octanol–water partition coefficient (Wildman–Crippen LogP) is 1.46. The number of hydrogen-bond acceptors (Lipinski definition) is 8. The maximum Gasteiger partial charge on any atom is 0.264 e. The van der Waals surface area contributed by atoms with Gasteiger partial charge in [-0.05, 0) is 12.1 Å². The molecule has 0 radical (unpaired) electrons. The summed E-state index contributed by atoms with van der Waals surface area (Å²) in [5.41, 5.74) is 1.33. The summed E-state index contributed by atoms with van der Waals surface area (Å²) in [5.74, 6) is 2.14. The molecule has 0 saturated carbocycles. The van der Waals surface area contributed by atoms with E-state index in [2.05, 4.69) is 10.2 Å². The number of benzene rings is 2. The molecule has 0 aliphatic carbocycles. The van der Waals surface area contributed by atoms with E-state index in [1.54, 1.807) is 25.3 Å². The fourth-order valence-corrected chi connectivity index (χ4v) is 5.54. The van der Waals surface area contributed by atoms with Gasteiger partial charge in [-0.1, -0.05) is 0 Å². The van der Waals surface area contributed by atoms with Crippen LogP contribution >= 0.6 is 0 Å². The molecular formula is C21H25N3O6S. The molecule has 2 aromatic carbocycles. The van der Waals surface area contributed by atoms with Crippen LogP contribution in [0.4, 0.5) is 11.4 Å². The predicted molar refractivity (Wildman–Crippen MR) is 116 cm³/mol. The Balaban J connectivity index is 1.58. The average Bonchev–Trinajstić information content (AvgIpc) is 2.83. The molecular weight excluding hydrogens is 422 g/mol.